The fraction of sp³-hybridized carbons (Fsp3) is 0.391. The third kappa shape index (κ3) is 5.34. The minimum atomic E-state index is -0.450. The van der Waals surface area contributed by atoms with Crippen LogP contribution in [-0.4, -0.2) is 36.0 Å². The Balaban J connectivity index is 1.71. The van der Waals surface area contributed by atoms with Crippen molar-refractivity contribution >= 4 is 17.6 Å². The van der Waals surface area contributed by atoms with Crippen LogP contribution in [0.3, 0.4) is 0 Å². The Labute approximate surface area is 171 Å². The van der Waals surface area contributed by atoms with Crippen molar-refractivity contribution in [3.63, 3.8) is 0 Å². The van der Waals surface area contributed by atoms with Crippen molar-refractivity contribution in [3.8, 4) is 0 Å². The Bertz CT molecular complexity index is 897. The average Bonchev–Trinajstić information content (AvgIpc) is 2.70. The van der Waals surface area contributed by atoms with Crippen molar-refractivity contribution in [1.82, 2.24) is 10.2 Å². The molecule has 3 rings (SSSR count). The maximum absolute atomic E-state index is 14.0. The molecule has 1 aliphatic rings. The number of anilines is 1. The van der Waals surface area contributed by atoms with Crippen LogP contribution in [-0.2, 0) is 0 Å². The molecule has 1 aliphatic heterocycles. The summed E-state index contributed by atoms with van der Waals surface area (Å²) in [4.78, 5) is 26.8. The molecular formula is C23H28FN3O2. The van der Waals surface area contributed by atoms with Gasteiger partial charge in [0.25, 0.3) is 5.91 Å². The van der Waals surface area contributed by atoms with Gasteiger partial charge in [-0.05, 0) is 69.0 Å². The minimum Gasteiger partial charge on any atom is -0.336 e. The summed E-state index contributed by atoms with van der Waals surface area (Å²) in [5.74, 6) is -0.626. The van der Waals surface area contributed by atoms with Gasteiger partial charge in [0.15, 0.2) is 0 Å². The van der Waals surface area contributed by atoms with Gasteiger partial charge >= 0.3 is 6.03 Å². The molecule has 5 nitrogen and oxygen atoms in total. The number of hydrogen-bond donors (Lipinski definition) is 2. The number of benzene rings is 2. The summed E-state index contributed by atoms with van der Waals surface area (Å²) in [5, 5.41) is 5.58. The molecule has 1 heterocycles. The number of amides is 3. The SMILES string of the molecule is Cc1ccc(NC(=O)c2cccc([C@H]3CCCN(C(=O)NC(C)C)C3)c2)c(F)c1. The first kappa shape index (κ1) is 20.8. The molecule has 0 unspecified atom stereocenters. The van der Waals surface area contributed by atoms with E-state index in [9.17, 15) is 14.0 Å². The topological polar surface area (TPSA) is 61.4 Å². The highest BCUT2D eigenvalue weighted by atomic mass is 19.1. The van der Waals surface area contributed by atoms with Gasteiger partial charge in [0, 0.05) is 30.6 Å². The summed E-state index contributed by atoms with van der Waals surface area (Å²) in [6.07, 6.45) is 1.88. The van der Waals surface area contributed by atoms with Gasteiger partial charge in [0.05, 0.1) is 5.69 Å². The van der Waals surface area contributed by atoms with Gasteiger partial charge in [0.1, 0.15) is 5.82 Å². The van der Waals surface area contributed by atoms with E-state index in [4.69, 9.17) is 0 Å². The number of nitrogens with zero attached hydrogens (tertiary/aromatic N) is 1. The second kappa shape index (κ2) is 9.07. The molecule has 0 radical (unpaired) electrons. The van der Waals surface area contributed by atoms with Gasteiger partial charge in [-0.15, -0.1) is 0 Å². The van der Waals surface area contributed by atoms with Crippen LogP contribution in [0.5, 0.6) is 0 Å². The van der Waals surface area contributed by atoms with E-state index in [1.807, 2.05) is 36.9 Å². The van der Waals surface area contributed by atoms with Crippen molar-refractivity contribution in [1.29, 1.82) is 0 Å². The molecule has 1 saturated heterocycles. The van der Waals surface area contributed by atoms with Crippen LogP contribution < -0.4 is 10.6 Å². The average molecular weight is 397 g/mol. The summed E-state index contributed by atoms with van der Waals surface area (Å²) in [6.45, 7) is 7.04. The van der Waals surface area contributed by atoms with Crippen LogP contribution in [0.25, 0.3) is 0 Å². The Morgan fingerprint density at radius 2 is 1.97 bits per heavy atom. The molecule has 29 heavy (non-hydrogen) atoms. The largest absolute Gasteiger partial charge is 0.336 e. The van der Waals surface area contributed by atoms with E-state index in [0.29, 0.717) is 12.1 Å². The molecule has 2 aromatic carbocycles. The zero-order valence-corrected chi connectivity index (χ0v) is 17.2. The second-order valence-electron chi connectivity index (χ2n) is 7.95. The molecule has 0 saturated carbocycles. The lowest BCUT2D eigenvalue weighted by molar-refractivity contribution is 0.102. The third-order valence-electron chi connectivity index (χ3n) is 5.11. The Kier molecular flexibility index (Phi) is 6.52. The number of likely N-dealkylation sites (tertiary alicyclic amines) is 1. The number of nitrogens with one attached hydrogen (secondary N) is 2. The lowest BCUT2D eigenvalue weighted by Gasteiger charge is -2.33. The second-order valence-corrected chi connectivity index (χ2v) is 7.95. The lowest BCUT2D eigenvalue weighted by Crippen LogP contribution is -2.47. The summed E-state index contributed by atoms with van der Waals surface area (Å²) in [6, 6.07) is 12.1. The van der Waals surface area contributed by atoms with Crippen molar-refractivity contribution in [2.45, 2.75) is 45.6 Å². The third-order valence-corrected chi connectivity index (χ3v) is 5.11. The Morgan fingerprint density at radius 1 is 1.17 bits per heavy atom. The molecule has 0 aliphatic carbocycles. The molecule has 0 aromatic heterocycles. The Morgan fingerprint density at radius 3 is 2.69 bits per heavy atom. The smallest absolute Gasteiger partial charge is 0.317 e. The predicted octanol–water partition coefficient (Wildman–Crippen LogP) is 4.68. The van der Waals surface area contributed by atoms with Gasteiger partial charge in [-0.1, -0.05) is 18.2 Å². The maximum Gasteiger partial charge on any atom is 0.317 e. The lowest BCUT2D eigenvalue weighted by atomic mass is 9.89. The normalized spacial score (nSPS) is 16.6. The standard InChI is InChI=1S/C23H28FN3O2/c1-15(2)25-23(29)27-11-5-8-19(14-27)17-6-4-7-18(13-17)22(28)26-21-10-9-16(3)12-20(21)24/h4,6-7,9-10,12-13,15,19H,5,8,11,14H2,1-3H3,(H,25,29)(H,26,28)/t19-/m0/s1. The molecule has 2 aromatic rings. The number of halogens is 1. The van der Waals surface area contributed by atoms with E-state index in [1.165, 1.54) is 6.07 Å². The number of carbonyl (C=O) groups excluding carboxylic acids is 2. The molecule has 154 valence electrons. The minimum absolute atomic E-state index is 0.0477. The molecule has 0 spiro atoms. The van der Waals surface area contributed by atoms with Crippen LogP contribution in [0.1, 0.15) is 54.1 Å². The van der Waals surface area contributed by atoms with Gasteiger partial charge < -0.3 is 15.5 Å². The molecular weight excluding hydrogens is 369 g/mol. The van der Waals surface area contributed by atoms with Crippen LogP contribution >= 0.6 is 0 Å². The molecule has 3 amide bonds. The van der Waals surface area contributed by atoms with Crippen molar-refractivity contribution in [2.75, 3.05) is 18.4 Å². The summed E-state index contributed by atoms with van der Waals surface area (Å²) in [7, 11) is 0. The number of carbonyl (C=O) groups is 2. The summed E-state index contributed by atoms with van der Waals surface area (Å²) >= 11 is 0. The molecule has 1 atom stereocenters. The van der Waals surface area contributed by atoms with Crippen LogP contribution in [0.4, 0.5) is 14.9 Å². The summed E-state index contributed by atoms with van der Waals surface area (Å²) in [5.41, 5.74) is 2.46. The van der Waals surface area contributed by atoms with Crippen molar-refractivity contribution < 1.29 is 14.0 Å². The first-order chi connectivity index (χ1) is 13.8. The zero-order valence-electron chi connectivity index (χ0n) is 17.2. The van der Waals surface area contributed by atoms with Gasteiger partial charge in [-0.3, -0.25) is 4.79 Å². The van der Waals surface area contributed by atoms with E-state index in [2.05, 4.69) is 10.6 Å². The number of hydrogen-bond acceptors (Lipinski definition) is 2. The number of urea groups is 1. The fourth-order valence-electron chi connectivity index (χ4n) is 3.62. The van der Waals surface area contributed by atoms with E-state index in [1.54, 1.807) is 25.1 Å². The van der Waals surface area contributed by atoms with E-state index >= 15 is 0 Å². The molecule has 6 heteroatoms. The van der Waals surface area contributed by atoms with E-state index < -0.39 is 5.82 Å². The van der Waals surface area contributed by atoms with Crippen LogP contribution in [0.2, 0.25) is 0 Å². The monoisotopic (exact) mass is 397 g/mol. The highest BCUT2D eigenvalue weighted by Gasteiger charge is 2.25. The molecule has 2 N–H and O–H groups in total. The van der Waals surface area contributed by atoms with Crippen molar-refractivity contribution in [2.24, 2.45) is 0 Å². The first-order valence-corrected chi connectivity index (χ1v) is 10.1. The van der Waals surface area contributed by atoms with Crippen molar-refractivity contribution in [3.05, 3.63) is 65.0 Å². The highest BCUT2D eigenvalue weighted by molar-refractivity contribution is 6.04. The van der Waals surface area contributed by atoms with Gasteiger partial charge in [-0.2, -0.15) is 0 Å². The molecule has 1 fully saturated rings. The number of rotatable bonds is 4. The highest BCUT2D eigenvalue weighted by Crippen LogP contribution is 2.28. The Hall–Kier alpha value is -2.89. The number of piperidine rings is 1. The zero-order chi connectivity index (χ0) is 21.0. The predicted molar refractivity (Wildman–Crippen MR) is 113 cm³/mol. The summed E-state index contributed by atoms with van der Waals surface area (Å²) < 4.78 is 14.0. The van der Waals surface area contributed by atoms with E-state index in [-0.39, 0.29) is 29.6 Å². The van der Waals surface area contributed by atoms with Crippen LogP contribution in [0, 0.1) is 12.7 Å². The fourth-order valence-corrected chi connectivity index (χ4v) is 3.62. The quantitative estimate of drug-likeness (QED) is 0.787. The maximum atomic E-state index is 14.0. The first-order valence-electron chi connectivity index (χ1n) is 10.1. The molecule has 0 bridgehead atoms. The van der Waals surface area contributed by atoms with Crippen LogP contribution in [0.15, 0.2) is 42.5 Å². The van der Waals surface area contributed by atoms with Gasteiger partial charge in [0.2, 0.25) is 0 Å². The van der Waals surface area contributed by atoms with Gasteiger partial charge in [-0.25, -0.2) is 9.18 Å². The number of aryl methyl sites for hydroxylation is 1. The van der Waals surface area contributed by atoms with E-state index in [0.717, 1.165) is 30.5 Å².